The van der Waals surface area contributed by atoms with Crippen molar-refractivity contribution in [3.05, 3.63) is 33.1 Å². The van der Waals surface area contributed by atoms with Crippen molar-refractivity contribution >= 4 is 23.1 Å². The molecule has 7 nitrogen and oxygen atoms in total. The molecule has 1 aromatic heterocycles. The van der Waals surface area contributed by atoms with Gasteiger partial charge in [0.2, 0.25) is 5.91 Å². The number of aromatic amines is 1. The second-order valence-electron chi connectivity index (χ2n) is 4.09. The van der Waals surface area contributed by atoms with Gasteiger partial charge >= 0.3 is 5.69 Å². The monoisotopic (exact) mass is 284 g/mol. The minimum Gasteiger partial charge on any atom is -0.393 e. The fourth-order valence-electron chi connectivity index (χ4n) is 1.43. The molecule has 1 heterocycles. The molecule has 0 spiro atoms. The number of nitrogens with two attached hydrogens (primary N) is 1. The van der Waals surface area contributed by atoms with Crippen LogP contribution in [0.2, 0.25) is 0 Å². The molecule has 0 unspecified atom stereocenters. The molecule has 3 N–H and O–H groups in total. The quantitative estimate of drug-likeness (QED) is 0.657. The Bertz CT molecular complexity index is 578. The average Bonchev–Trinajstić information content (AvgIpc) is 2.34. The van der Waals surface area contributed by atoms with Gasteiger partial charge in [0, 0.05) is 45.2 Å². The predicted octanol–water partition coefficient (Wildman–Crippen LogP) is -0.939. The lowest BCUT2D eigenvalue weighted by Gasteiger charge is -2.16. The molecular formula is C11H16N4O3S. The first-order valence-electron chi connectivity index (χ1n) is 5.72. The second-order valence-corrected chi connectivity index (χ2v) is 4.61. The fraction of sp³-hybridized carbons (Fsp3) is 0.455. The number of nitrogens with zero attached hydrogens (tertiary/aromatic N) is 2. The third-order valence-corrected chi connectivity index (χ3v) is 2.79. The minimum absolute atomic E-state index is 0.116. The summed E-state index contributed by atoms with van der Waals surface area (Å²) >= 11 is 4.73. The van der Waals surface area contributed by atoms with Crippen LogP contribution < -0.4 is 17.0 Å². The Morgan fingerprint density at radius 1 is 1.47 bits per heavy atom. The van der Waals surface area contributed by atoms with E-state index >= 15 is 0 Å². The van der Waals surface area contributed by atoms with Crippen molar-refractivity contribution in [3.8, 4) is 0 Å². The Morgan fingerprint density at radius 2 is 2.16 bits per heavy atom. The Labute approximate surface area is 115 Å². The molecule has 0 saturated heterocycles. The highest BCUT2D eigenvalue weighted by atomic mass is 32.1. The van der Waals surface area contributed by atoms with Gasteiger partial charge in [-0.25, -0.2) is 4.79 Å². The summed E-state index contributed by atoms with van der Waals surface area (Å²) in [6.45, 7) is 0.667. The van der Waals surface area contributed by atoms with Gasteiger partial charge in [0.1, 0.15) is 0 Å². The van der Waals surface area contributed by atoms with Crippen molar-refractivity contribution in [1.29, 1.82) is 0 Å². The molecule has 0 aromatic carbocycles. The van der Waals surface area contributed by atoms with E-state index in [1.807, 2.05) is 0 Å². The van der Waals surface area contributed by atoms with Gasteiger partial charge in [-0.15, -0.1) is 0 Å². The van der Waals surface area contributed by atoms with Crippen LogP contribution in [-0.4, -0.2) is 38.9 Å². The van der Waals surface area contributed by atoms with Crippen molar-refractivity contribution in [2.75, 3.05) is 13.6 Å². The van der Waals surface area contributed by atoms with Gasteiger partial charge < -0.3 is 15.2 Å². The zero-order valence-corrected chi connectivity index (χ0v) is 11.4. The number of thiocarbonyl (C=S) groups is 1. The SMILES string of the molecule is CN(CCC(N)=S)C(=O)CCn1ccc(=O)[nH]c1=O. The number of H-pyrrole nitrogens is 1. The molecule has 0 saturated carbocycles. The van der Waals surface area contributed by atoms with E-state index in [9.17, 15) is 14.4 Å². The number of aromatic nitrogens is 2. The molecule has 1 rings (SSSR count). The Kier molecular flexibility index (Phi) is 5.43. The molecule has 0 aliphatic carbocycles. The molecule has 104 valence electrons. The lowest BCUT2D eigenvalue weighted by Crippen LogP contribution is -2.33. The van der Waals surface area contributed by atoms with Crippen LogP contribution in [0, 0.1) is 0 Å². The zero-order valence-electron chi connectivity index (χ0n) is 10.6. The highest BCUT2D eigenvalue weighted by Gasteiger charge is 2.09. The zero-order chi connectivity index (χ0) is 14.4. The fourth-order valence-corrected chi connectivity index (χ4v) is 1.52. The van der Waals surface area contributed by atoms with Gasteiger partial charge in [-0.05, 0) is 0 Å². The van der Waals surface area contributed by atoms with Crippen LogP contribution in [0.15, 0.2) is 21.9 Å². The average molecular weight is 284 g/mol. The number of aryl methyl sites for hydroxylation is 1. The number of hydrogen-bond acceptors (Lipinski definition) is 4. The van der Waals surface area contributed by atoms with Crippen LogP contribution in [0.5, 0.6) is 0 Å². The summed E-state index contributed by atoms with van der Waals surface area (Å²) in [4.78, 5) is 38.0. The van der Waals surface area contributed by atoms with E-state index in [1.165, 1.54) is 21.7 Å². The maximum absolute atomic E-state index is 11.8. The summed E-state index contributed by atoms with van der Waals surface area (Å²) in [5.74, 6) is -0.116. The predicted molar refractivity (Wildman–Crippen MR) is 75.0 cm³/mol. The van der Waals surface area contributed by atoms with Crippen LogP contribution in [0.1, 0.15) is 12.8 Å². The molecule has 8 heteroatoms. The number of carbonyl (C=O) groups is 1. The lowest BCUT2D eigenvalue weighted by atomic mass is 10.3. The van der Waals surface area contributed by atoms with E-state index in [0.717, 1.165) is 0 Å². The lowest BCUT2D eigenvalue weighted by molar-refractivity contribution is -0.130. The molecule has 0 atom stereocenters. The summed E-state index contributed by atoms with van der Waals surface area (Å²) in [6.07, 6.45) is 2.00. The molecule has 1 amide bonds. The Hall–Kier alpha value is -1.96. The van der Waals surface area contributed by atoms with Gasteiger partial charge in [-0.1, -0.05) is 12.2 Å². The number of hydrogen-bond donors (Lipinski definition) is 2. The van der Waals surface area contributed by atoms with E-state index in [0.29, 0.717) is 18.0 Å². The molecule has 0 fully saturated rings. The summed E-state index contributed by atoms with van der Waals surface area (Å²) in [5.41, 5.74) is 4.37. The van der Waals surface area contributed by atoms with Crippen LogP contribution >= 0.6 is 12.2 Å². The van der Waals surface area contributed by atoms with Gasteiger partial charge in [0.15, 0.2) is 0 Å². The first-order valence-corrected chi connectivity index (χ1v) is 6.13. The van der Waals surface area contributed by atoms with Gasteiger partial charge in [-0.2, -0.15) is 0 Å². The van der Waals surface area contributed by atoms with Crippen LogP contribution in [0.25, 0.3) is 0 Å². The van der Waals surface area contributed by atoms with Crippen molar-refractivity contribution in [2.24, 2.45) is 5.73 Å². The van der Waals surface area contributed by atoms with Crippen molar-refractivity contribution in [3.63, 3.8) is 0 Å². The first-order chi connectivity index (χ1) is 8.90. The highest BCUT2D eigenvalue weighted by Crippen LogP contribution is 1.95. The van der Waals surface area contributed by atoms with Crippen molar-refractivity contribution in [1.82, 2.24) is 14.5 Å². The van der Waals surface area contributed by atoms with E-state index in [2.05, 4.69) is 4.98 Å². The standard InChI is InChI=1S/C11H16N4O3S/c1-14(5-2-8(12)19)10(17)4-7-15-6-3-9(16)13-11(15)18/h3,6H,2,4-5,7H2,1H3,(H2,12,19)(H,13,16,18). The molecule has 0 radical (unpaired) electrons. The number of nitrogens with one attached hydrogen (secondary N) is 1. The summed E-state index contributed by atoms with van der Waals surface area (Å²) in [7, 11) is 1.65. The van der Waals surface area contributed by atoms with Crippen LogP contribution in [0.3, 0.4) is 0 Å². The number of rotatable bonds is 6. The molecule has 0 bridgehead atoms. The number of carbonyl (C=O) groups excluding carboxylic acids is 1. The van der Waals surface area contributed by atoms with Crippen molar-refractivity contribution in [2.45, 2.75) is 19.4 Å². The normalized spacial score (nSPS) is 10.2. The van der Waals surface area contributed by atoms with E-state index in [-0.39, 0.29) is 18.9 Å². The van der Waals surface area contributed by atoms with E-state index in [4.69, 9.17) is 18.0 Å². The van der Waals surface area contributed by atoms with Gasteiger partial charge in [0.25, 0.3) is 5.56 Å². The second kappa shape index (κ2) is 6.83. The third kappa shape index (κ3) is 5.04. The summed E-state index contributed by atoms with van der Waals surface area (Å²) in [5, 5.41) is 0. The van der Waals surface area contributed by atoms with Crippen LogP contribution in [-0.2, 0) is 11.3 Å². The maximum atomic E-state index is 11.8. The summed E-state index contributed by atoms with van der Waals surface area (Å²) in [6, 6.07) is 1.24. The topological polar surface area (TPSA) is 101 Å². The molecule has 19 heavy (non-hydrogen) atoms. The first kappa shape index (κ1) is 15.1. The number of amides is 1. The maximum Gasteiger partial charge on any atom is 0.328 e. The molecule has 0 aliphatic rings. The van der Waals surface area contributed by atoms with Gasteiger partial charge in [0.05, 0.1) is 4.99 Å². The summed E-state index contributed by atoms with van der Waals surface area (Å²) < 4.78 is 1.28. The minimum atomic E-state index is -0.522. The molecular weight excluding hydrogens is 268 g/mol. The van der Waals surface area contributed by atoms with Crippen LogP contribution in [0.4, 0.5) is 0 Å². The smallest absolute Gasteiger partial charge is 0.328 e. The third-order valence-electron chi connectivity index (χ3n) is 2.58. The van der Waals surface area contributed by atoms with Gasteiger partial charge in [-0.3, -0.25) is 14.6 Å². The Morgan fingerprint density at radius 3 is 2.74 bits per heavy atom. The molecule has 1 aromatic rings. The van der Waals surface area contributed by atoms with E-state index in [1.54, 1.807) is 7.05 Å². The Balaban J connectivity index is 2.52. The highest BCUT2D eigenvalue weighted by molar-refractivity contribution is 7.80. The van der Waals surface area contributed by atoms with E-state index < -0.39 is 11.2 Å². The largest absolute Gasteiger partial charge is 0.393 e. The van der Waals surface area contributed by atoms with Crippen molar-refractivity contribution < 1.29 is 4.79 Å². The molecule has 0 aliphatic heterocycles.